The largest absolute Gasteiger partial charge is 0.349 e. The van der Waals surface area contributed by atoms with Crippen LogP contribution in [0.4, 0.5) is 0 Å². The molecule has 2 aromatic heterocycles. The van der Waals surface area contributed by atoms with Crippen LogP contribution in [0.2, 0.25) is 0 Å². The summed E-state index contributed by atoms with van der Waals surface area (Å²) in [6.45, 7) is 9.75. The summed E-state index contributed by atoms with van der Waals surface area (Å²) >= 11 is 0. The first-order valence-corrected chi connectivity index (χ1v) is 7.83. The van der Waals surface area contributed by atoms with Gasteiger partial charge < -0.3 is 5.32 Å². The van der Waals surface area contributed by atoms with Crippen LogP contribution in [0.3, 0.4) is 0 Å². The van der Waals surface area contributed by atoms with Gasteiger partial charge in [0.1, 0.15) is 0 Å². The first-order valence-electron chi connectivity index (χ1n) is 7.83. The van der Waals surface area contributed by atoms with Crippen molar-refractivity contribution in [2.24, 2.45) is 0 Å². The lowest BCUT2D eigenvalue weighted by Gasteiger charge is -2.15. The molecule has 0 radical (unpaired) electrons. The Balaban J connectivity index is 1.87. The average Bonchev–Trinajstić information content (AvgIpc) is 3.06. The van der Waals surface area contributed by atoms with E-state index in [1.165, 1.54) is 0 Å². The molecule has 2 rings (SSSR count). The van der Waals surface area contributed by atoms with Crippen LogP contribution in [-0.4, -0.2) is 25.5 Å². The molecule has 2 heterocycles. The highest BCUT2D eigenvalue weighted by Gasteiger charge is 2.18. The van der Waals surface area contributed by atoms with E-state index in [1.807, 2.05) is 35.5 Å². The molecular formula is C16H25N5O. The summed E-state index contributed by atoms with van der Waals surface area (Å²) in [7, 11) is 0. The third-order valence-electron chi connectivity index (χ3n) is 3.90. The summed E-state index contributed by atoms with van der Waals surface area (Å²) in [5, 5.41) is 11.7. The van der Waals surface area contributed by atoms with Gasteiger partial charge in [0, 0.05) is 43.2 Å². The predicted molar refractivity (Wildman–Crippen MR) is 85.4 cm³/mol. The second-order valence-electron chi connectivity index (χ2n) is 5.56. The van der Waals surface area contributed by atoms with E-state index in [1.54, 1.807) is 6.20 Å². The molecule has 0 saturated carbocycles. The lowest BCUT2D eigenvalue weighted by atomic mass is 10.1. The quantitative estimate of drug-likeness (QED) is 0.854. The third-order valence-corrected chi connectivity index (χ3v) is 3.90. The van der Waals surface area contributed by atoms with Crippen molar-refractivity contribution in [2.75, 3.05) is 0 Å². The first kappa shape index (κ1) is 16.3. The molecule has 0 aliphatic carbocycles. The maximum Gasteiger partial charge on any atom is 0.220 e. The maximum atomic E-state index is 12.1. The van der Waals surface area contributed by atoms with Crippen molar-refractivity contribution in [1.82, 2.24) is 24.9 Å². The fourth-order valence-corrected chi connectivity index (χ4v) is 2.87. The van der Waals surface area contributed by atoms with Gasteiger partial charge in [0.25, 0.3) is 0 Å². The van der Waals surface area contributed by atoms with E-state index in [0.29, 0.717) is 6.42 Å². The molecule has 1 atom stereocenters. The number of hydrogen-bond acceptors (Lipinski definition) is 3. The molecule has 1 amide bonds. The van der Waals surface area contributed by atoms with Crippen molar-refractivity contribution < 1.29 is 4.79 Å². The number of carbonyl (C=O) groups excluding carboxylic acids is 1. The number of amides is 1. The van der Waals surface area contributed by atoms with Crippen molar-refractivity contribution in [2.45, 2.75) is 59.7 Å². The van der Waals surface area contributed by atoms with Gasteiger partial charge in [-0.15, -0.1) is 0 Å². The number of aryl methyl sites for hydroxylation is 3. The summed E-state index contributed by atoms with van der Waals surface area (Å²) in [5.41, 5.74) is 3.25. The molecule has 6 nitrogen and oxygen atoms in total. The molecular weight excluding hydrogens is 278 g/mol. The van der Waals surface area contributed by atoms with Crippen molar-refractivity contribution in [3.05, 3.63) is 35.4 Å². The summed E-state index contributed by atoms with van der Waals surface area (Å²) in [6.07, 6.45) is 4.95. The van der Waals surface area contributed by atoms with Crippen LogP contribution >= 0.6 is 0 Å². The Hall–Kier alpha value is -2.11. The number of rotatable bonds is 7. The van der Waals surface area contributed by atoms with Crippen LogP contribution in [0.5, 0.6) is 0 Å². The standard InChI is InChI=1S/C16H25N5O/c1-5-21-14(4)16(13(3)19-21)12(2)18-15(22)8-6-10-20-11-7-9-17-20/h7,9,11-12H,5-6,8,10H2,1-4H3,(H,18,22). The van der Waals surface area contributed by atoms with Crippen LogP contribution in [0.1, 0.15) is 49.7 Å². The summed E-state index contributed by atoms with van der Waals surface area (Å²) in [5.74, 6) is 0.0719. The van der Waals surface area contributed by atoms with Gasteiger partial charge in [-0.2, -0.15) is 10.2 Å². The van der Waals surface area contributed by atoms with Gasteiger partial charge in [-0.05, 0) is 40.2 Å². The third kappa shape index (κ3) is 3.75. The van der Waals surface area contributed by atoms with Crippen LogP contribution in [0.25, 0.3) is 0 Å². The van der Waals surface area contributed by atoms with Crippen molar-refractivity contribution in [3.63, 3.8) is 0 Å². The molecule has 120 valence electrons. The Morgan fingerprint density at radius 1 is 1.41 bits per heavy atom. The highest BCUT2D eigenvalue weighted by Crippen LogP contribution is 2.21. The zero-order valence-electron chi connectivity index (χ0n) is 13.8. The smallest absolute Gasteiger partial charge is 0.220 e. The molecule has 2 aromatic rings. The van der Waals surface area contributed by atoms with Gasteiger partial charge in [-0.25, -0.2) is 0 Å². The Bertz CT molecular complexity index is 615. The number of nitrogens with one attached hydrogen (secondary N) is 1. The summed E-state index contributed by atoms with van der Waals surface area (Å²) in [4.78, 5) is 12.1. The molecule has 22 heavy (non-hydrogen) atoms. The van der Waals surface area contributed by atoms with Crippen LogP contribution in [0.15, 0.2) is 18.5 Å². The normalized spacial score (nSPS) is 12.4. The predicted octanol–water partition coefficient (Wildman–Crippen LogP) is 2.37. The van der Waals surface area contributed by atoms with Gasteiger partial charge in [0.05, 0.1) is 11.7 Å². The number of aromatic nitrogens is 4. The Morgan fingerprint density at radius 2 is 2.18 bits per heavy atom. The number of carbonyl (C=O) groups is 1. The van der Waals surface area contributed by atoms with Crippen LogP contribution < -0.4 is 5.32 Å². The fourth-order valence-electron chi connectivity index (χ4n) is 2.87. The van der Waals surface area contributed by atoms with Crippen molar-refractivity contribution in [1.29, 1.82) is 0 Å². The summed E-state index contributed by atoms with van der Waals surface area (Å²) < 4.78 is 3.82. The second-order valence-corrected chi connectivity index (χ2v) is 5.56. The molecule has 0 aliphatic heterocycles. The highest BCUT2D eigenvalue weighted by molar-refractivity contribution is 5.76. The van der Waals surface area contributed by atoms with Crippen molar-refractivity contribution >= 4 is 5.91 Å². The minimum atomic E-state index is -0.0162. The molecule has 1 unspecified atom stereocenters. The van der Waals surface area contributed by atoms with E-state index in [0.717, 1.165) is 36.5 Å². The maximum absolute atomic E-state index is 12.1. The summed E-state index contributed by atoms with van der Waals surface area (Å²) in [6, 6.07) is 1.87. The second kappa shape index (κ2) is 7.24. The molecule has 0 aromatic carbocycles. The van der Waals surface area contributed by atoms with E-state index < -0.39 is 0 Å². The average molecular weight is 303 g/mol. The lowest BCUT2D eigenvalue weighted by molar-refractivity contribution is -0.121. The van der Waals surface area contributed by atoms with E-state index in [2.05, 4.69) is 29.4 Å². The first-order chi connectivity index (χ1) is 10.5. The van der Waals surface area contributed by atoms with E-state index in [9.17, 15) is 4.79 Å². The highest BCUT2D eigenvalue weighted by atomic mass is 16.1. The molecule has 0 aliphatic rings. The molecule has 0 spiro atoms. The van der Waals surface area contributed by atoms with E-state index in [-0.39, 0.29) is 11.9 Å². The van der Waals surface area contributed by atoms with Gasteiger partial charge in [-0.3, -0.25) is 14.2 Å². The van der Waals surface area contributed by atoms with E-state index >= 15 is 0 Å². The Labute approximate surface area is 131 Å². The topological polar surface area (TPSA) is 64.7 Å². The zero-order valence-corrected chi connectivity index (χ0v) is 13.8. The minimum Gasteiger partial charge on any atom is -0.349 e. The molecule has 0 fully saturated rings. The minimum absolute atomic E-state index is 0.0162. The van der Waals surface area contributed by atoms with Gasteiger partial charge in [0.15, 0.2) is 0 Å². The Kier molecular flexibility index (Phi) is 5.35. The number of nitrogens with zero attached hydrogens (tertiary/aromatic N) is 4. The van der Waals surface area contributed by atoms with Crippen LogP contribution in [0, 0.1) is 13.8 Å². The van der Waals surface area contributed by atoms with Crippen molar-refractivity contribution in [3.8, 4) is 0 Å². The zero-order chi connectivity index (χ0) is 16.1. The van der Waals surface area contributed by atoms with Crippen LogP contribution in [-0.2, 0) is 17.9 Å². The molecule has 1 N–H and O–H groups in total. The van der Waals surface area contributed by atoms with E-state index in [4.69, 9.17) is 0 Å². The van der Waals surface area contributed by atoms with Gasteiger partial charge in [0.2, 0.25) is 5.91 Å². The molecule has 0 bridgehead atoms. The molecule has 6 heteroatoms. The fraction of sp³-hybridized carbons (Fsp3) is 0.562. The molecule has 0 saturated heterocycles. The monoisotopic (exact) mass is 303 g/mol. The Morgan fingerprint density at radius 3 is 2.77 bits per heavy atom. The SMILES string of the molecule is CCn1nc(C)c(C(C)NC(=O)CCCn2cccn2)c1C. The van der Waals surface area contributed by atoms with Gasteiger partial charge in [-0.1, -0.05) is 0 Å². The lowest BCUT2D eigenvalue weighted by Crippen LogP contribution is -2.27. The number of hydrogen-bond donors (Lipinski definition) is 1. The van der Waals surface area contributed by atoms with Gasteiger partial charge >= 0.3 is 0 Å².